The normalized spacial score (nSPS) is 14.2. The second-order valence-electron chi connectivity index (χ2n) is 8.24. The molecule has 0 aliphatic heterocycles. The Kier molecular flexibility index (Phi) is 6.69. The van der Waals surface area contributed by atoms with Gasteiger partial charge in [0.2, 0.25) is 5.91 Å². The van der Waals surface area contributed by atoms with Gasteiger partial charge < -0.3 is 10.1 Å². The van der Waals surface area contributed by atoms with E-state index in [4.69, 9.17) is 4.74 Å². The number of hydrogen-bond acceptors (Lipinski definition) is 4. The molecule has 1 heterocycles. The van der Waals surface area contributed by atoms with Crippen molar-refractivity contribution in [2.45, 2.75) is 46.0 Å². The number of hydrogen-bond donors (Lipinski definition) is 1. The molecule has 166 valence electrons. The van der Waals surface area contributed by atoms with Gasteiger partial charge in [-0.05, 0) is 56.5 Å². The molecule has 1 aliphatic rings. The molecule has 32 heavy (non-hydrogen) atoms. The number of rotatable bonds is 6. The maximum atomic E-state index is 12.7. The van der Waals surface area contributed by atoms with E-state index in [1.54, 1.807) is 17.7 Å². The largest absolute Gasteiger partial charge is 0.461 e. The second-order valence-corrected chi connectivity index (χ2v) is 8.24. The van der Waals surface area contributed by atoms with Crippen molar-refractivity contribution in [1.82, 2.24) is 9.78 Å². The lowest BCUT2D eigenvalue weighted by atomic mass is 9.88. The Morgan fingerprint density at radius 1 is 1.06 bits per heavy atom. The molecule has 0 atom stereocenters. The lowest BCUT2D eigenvalue weighted by Gasteiger charge is -2.21. The highest BCUT2D eigenvalue weighted by atomic mass is 16.5. The molecule has 1 aliphatic carbocycles. The van der Waals surface area contributed by atoms with Crippen LogP contribution in [0.2, 0.25) is 0 Å². The number of esters is 1. The maximum Gasteiger partial charge on any atom is 0.358 e. The number of ether oxygens (including phenoxy) is 1. The zero-order valence-electron chi connectivity index (χ0n) is 18.6. The molecule has 6 nitrogen and oxygen atoms in total. The Hall–Kier alpha value is -3.41. The summed E-state index contributed by atoms with van der Waals surface area (Å²) in [5, 5.41) is 7.64. The summed E-state index contributed by atoms with van der Waals surface area (Å²) >= 11 is 0. The average Bonchev–Trinajstić information content (AvgIpc) is 3.26. The Morgan fingerprint density at radius 2 is 1.84 bits per heavy atom. The van der Waals surface area contributed by atoms with Crippen molar-refractivity contribution in [3.05, 3.63) is 65.9 Å². The van der Waals surface area contributed by atoms with Crippen molar-refractivity contribution in [3.63, 3.8) is 0 Å². The number of nitrogens with one attached hydrogen (secondary N) is 1. The molecule has 1 saturated carbocycles. The molecule has 1 N–H and O–H groups in total. The third-order valence-electron chi connectivity index (χ3n) is 5.94. The van der Waals surface area contributed by atoms with Crippen molar-refractivity contribution in [2.24, 2.45) is 5.92 Å². The molecule has 3 aromatic rings. The molecule has 1 amide bonds. The van der Waals surface area contributed by atoms with Gasteiger partial charge in [0, 0.05) is 17.2 Å². The summed E-state index contributed by atoms with van der Waals surface area (Å²) in [6, 6.07) is 17.3. The van der Waals surface area contributed by atoms with Crippen LogP contribution in [0.25, 0.3) is 16.9 Å². The van der Waals surface area contributed by atoms with Crippen LogP contribution in [-0.2, 0) is 9.53 Å². The first kappa shape index (κ1) is 21.8. The van der Waals surface area contributed by atoms with E-state index in [0.717, 1.165) is 53.9 Å². The summed E-state index contributed by atoms with van der Waals surface area (Å²) in [6.07, 6.45) is 5.35. The number of para-hydroxylation sites is 1. The van der Waals surface area contributed by atoms with Gasteiger partial charge in [0.05, 0.1) is 18.0 Å². The first-order valence-electron chi connectivity index (χ1n) is 11.3. The maximum absolute atomic E-state index is 12.7. The number of aryl methyl sites for hydroxylation is 1. The molecule has 2 aromatic carbocycles. The van der Waals surface area contributed by atoms with Gasteiger partial charge in [-0.15, -0.1) is 0 Å². The molecule has 0 bridgehead atoms. The molecular weight excluding hydrogens is 402 g/mol. The van der Waals surface area contributed by atoms with E-state index in [-0.39, 0.29) is 24.1 Å². The van der Waals surface area contributed by atoms with E-state index in [2.05, 4.69) is 10.4 Å². The molecular formula is C26H29N3O3. The van der Waals surface area contributed by atoms with Gasteiger partial charge in [-0.3, -0.25) is 4.79 Å². The quantitative estimate of drug-likeness (QED) is 0.520. The predicted molar refractivity (Wildman–Crippen MR) is 125 cm³/mol. The number of amides is 1. The van der Waals surface area contributed by atoms with Crippen molar-refractivity contribution in [1.29, 1.82) is 0 Å². The van der Waals surface area contributed by atoms with E-state index in [9.17, 15) is 9.59 Å². The van der Waals surface area contributed by atoms with E-state index in [1.807, 2.05) is 55.5 Å². The standard InChI is InChI=1S/C26H29N3O3/c1-3-32-26(31)22-17-24(29(28-22)23-15-8-7-10-18(23)2)20-13-9-14-21(16-20)27-25(30)19-11-5-4-6-12-19/h7-10,13-17,19H,3-6,11-12H2,1-2H3,(H,27,30). The summed E-state index contributed by atoms with van der Waals surface area (Å²) in [6.45, 7) is 4.06. The number of anilines is 1. The minimum absolute atomic E-state index is 0.0836. The highest BCUT2D eigenvalue weighted by Crippen LogP contribution is 2.29. The van der Waals surface area contributed by atoms with Crippen LogP contribution < -0.4 is 5.32 Å². The predicted octanol–water partition coefficient (Wildman–Crippen LogP) is 5.54. The van der Waals surface area contributed by atoms with Crippen LogP contribution in [0.15, 0.2) is 54.6 Å². The van der Waals surface area contributed by atoms with E-state index >= 15 is 0 Å². The van der Waals surface area contributed by atoms with Gasteiger partial charge in [-0.1, -0.05) is 49.6 Å². The minimum Gasteiger partial charge on any atom is -0.461 e. The third-order valence-corrected chi connectivity index (χ3v) is 5.94. The minimum atomic E-state index is -0.456. The molecule has 0 unspecified atom stereocenters. The van der Waals surface area contributed by atoms with Gasteiger partial charge in [0.1, 0.15) is 0 Å². The van der Waals surface area contributed by atoms with Crippen LogP contribution >= 0.6 is 0 Å². The van der Waals surface area contributed by atoms with Crippen LogP contribution in [0, 0.1) is 12.8 Å². The van der Waals surface area contributed by atoms with Crippen LogP contribution in [-0.4, -0.2) is 28.3 Å². The summed E-state index contributed by atoms with van der Waals surface area (Å²) in [5.74, 6) is -0.287. The van der Waals surface area contributed by atoms with Gasteiger partial charge in [0.25, 0.3) is 0 Å². The fraction of sp³-hybridized carbons (Fsp3) is 0.346. The number of carbonyl (C=O) groups is 2. The molecule has 6 heteroatoms. The smallest absolute Gasteiger partial charge is 0.358 e. The van der Waals surface area contributed by atoms with Gasteiger partial charge >= 0.3 is 5.97 Å². The highest BCUT2D eigenvalue weighted by molar-refractivity contribution is 5.93. The van der Waals surface area contributed by atoms with Gasteiger partial charge in [-0.25, -0.2) is 9.48 Å². The Balaban J connectivity index is 1.69. The third kappa shape index (κ3) is 4.74. The van der Waals surface area contributed by atoms with Crippen LogP contribution in [0.4, 0.5) is 5.69 Å². The van der Waals surface area contributed by atoms with Crippen molar-refractivity contribution < 1.29 is 14.3 Å². The summed E-state index contributed by atoms with van der Waals surface area (Å²) in [4.78, 5) is 25.1. The number of nitrogens with zero attached hydrogens (tertiary/aromatic N) is 2. The van der Waals surface area contributed by atoms with Crippen molar-refractivity contribution in [3.8, 4) is 16.9 Å². The summed E-state index contributed by atoms with van der Waals surface area (Å²) in [7, 11) is 0. The van der Waals surface area contributed by atoms with Gasteiger partial charge in [-0.2, -0.15) is 5.10 Å². The van der Waals surface area contributed by atoms with Crippen molar-refractivity contribution >= 4 is 17.6 Å². The molecule has 1 aromatic heterocycles. The van der Waals surface area contributed by atoms with Crippen LogP contribution in [0.5, 0.6) is 0 Å². The molecule has 0 radical (unpaired) electrons. The lowest BCUT2D eigenvalue weighted by Crippen LogP contribution is -2.24. The van der Waals surface area contributed by atoms with E-state index < -0.39 is 5.97 Å². The van der Waals surface area contributed by atoms with Crippen LogP contribution in [0.3, 0.4) is 0 Å². The average molecular weight is 432 g/mol. The Bertz CT molecular complexity index is 1110. The molecule has 4 rings (SSSR count). The summed E-state index contributed by atoms with van der Waals surface area (Å²) < 4.78 is 6.94. The molecule has 0 saturated heterocycles. The number of carbonyl (C=O) groups excluding carboxylic acids is 2. The number of aromatic nitrogens is 2. The zero-order valence-corrected chi connectivity index (χ0v) is 18.6. The Morgan fingerprint density at radius 3 is 2.59 bits per heavy atom. The number of benzene rings is 2. The van der Waals surface area contributed by atoms with E-state index in [1.165, 1.54) is 6.42 Å². The Labute approximate surface area is 188 Å². The van der Waals surface area contributed by atoms with Crippen LogP contribution in [0.1, 0.15) is 55.1 Å². The SMILES string of the molecule is CCOC(=O)c1cc(-c2cccc(NC(=O)C3CCCCC3)c2)n(-c2ccccc2C)n1. The zero-order chi connectivity index (χ0) is 22.5. The summed E-state index contributed by atoms with van der Waals surface area (Å²) in [5.41, 5.74) is 4.53. The monoisotopic (exact) mass is 431 g/mol. The highest BCUT2D eigenvalue weighted by Gasteiger charge is 2.22. The first-order valence-corrected chi connectivity index (χ1v) is 11.3. The first-order chi connectivity index (χ1) is 15.6. The topological polar surface area (TPSA) is 73.2 Å². The molecule has 1 fully saturated rings. The van der Waals surface area contributed by atoms with Crippen molar-refractivity contribution in [2.75, 3.05) is 11.9 Å². The fourth-order valence-electron chi connectivity index (χ4n) is 4.24. The fourth-order valence-corrected chi connectivity index (χ4v) is 4.24. The van der Waals surface area contributed by atoms with Gasteiger partial charge in [0.15, 0.2) is 5.69 Å². The molecule has 0 spiro atoms. The second kappa shape index (κ2) is 9.81. The lowest BCUT2D eigenvalue weighted by molar-refractivity contribution is -0.120. The van der Waals surface area contributed by atoms with E-state index in [0.29, 0.717) is 0 Å².